The highest BCUT2D eigenvalue weighted by molar-refractivity contribution is 7.93. The minimum Gasteiger partial charge on any atom is -0.293 e. The summed E-state index contributed by atoms with van der Waals surface area (Å²) in [5.41, 5.74) is 0. The van der Waals surface area contributed by atoms with Gasteiger partial charge in [0.15, 0.2) is 14.6 Å². The van der Waals surface area contributed by atoms with Crippen molar-refractivity contribution < 1.29 is 13.2 Å². The summed E-state index contributed by atoms with van der Waals surface area (Å²) in [6.45, 7) is 0. The van der Waals surface area contributed by atoms with Gasteiger partial charge in [-0.1, -0.05) is 0 Å². The quantitative estimate of drug-likeness (QED) is 0.838. The lowest BCUT2D eigenvalue weighted by atomic mass is 9.83. The average molecular weight is 322 g/mol. The molecule has 0 saturated heterocycles. The van der Waals surface area contributed by atoms with Gasteiger partial charge in [0.2, 0.25) is 11.9 Å². The number of hydrogen-bond donors (Lipinski definition) is 1. The van der Waals surface area contributed by atoms with E-state index < -0.39 is 20.5 Å². The molecule has 0 bridgehead atoms. The predicted molar refractivity (Wildman–Crippen MR) is 77.0 cm³/mol. The molecule has 0 radical (unpaired) electrons. The third-order valence-electron chi connectivity index (χ3n) is 3.80. The summed E-state index contributed by atoms with van der Waals surface area (Å²) in [7, 11) is -3.51. The van der Waals surface area contributed by atoms with E-state index in [-0.39, 0.29) is 11.9 Å². The van der Waals surface area contributed by atoms with Crippen LogP contribution in [0.15, 0.2) is 24.8 Å². The topological polar surface area (TPSA) is 120 Å². The maximum atomic E-state index is 12.4. The van der Waals surface area contributed by atoms with E-state index in [2.05, 4.69) is 25.4 Å². The van der Waals surface area contributed by atoms with E-state index in [1.807, 2.05) is 0 Å². The summed E-state index contributed by atoms with van der Waals surface area (Å²) < 4.78 is 23.7. The Hall–Kier alpha value is -2.36. The molecule has 116 valence electrons. The minimum absolute atomic E-state index is 0.0890. The molecule has 0 aromatic carbocycles. The van der Waals surface area contributed by atoms with Crippen LogP contribution in [0.2, 0.25) is 0 Å². The smallest absolute Gasteiger partial charge is 0.253 e. The molecule has 2 aromatic rings. The number of aromatic nitrogens is 5. The summed E-state index contributed by atoms with van der Waals surface area (Å²) >= 11 is 0. The molecule has 2 aromatic heterocycles. The standard InChI is InChI=1S/C12H14N6O3S/c1-22(20,21)12(4-2-5-12)9(19)17-11-15-8-16-18(11)10-13-6-3-7-14-10/h3,6-8H,2,4-5H2,1H3,(H,15,16,17,19). The number of hydrogen-bond acceptors (Lipinski definition) is 7. The second kappa shape index (κ2) is 5.13. The second-order valence-electron chi connectivity index (χ2n) is 5.12. The van der Waals surface area contributed by atoms with Gasteiger partial charge in [-0.15, -0.1) is 0 Å². The van der Waals surface area contributed by atoms with Gasteiger partial charge in [0.1, 0.15) is 6.33 Å². The van der Waals surface area contributed by atoms with E-state index >= 15 is 0 Å². The molecule has 1 fully saturated rings. The first-order chi connectivity index (χ1) is 10.4. The minimum atomic E-state index is -3.51. The van der Waals surface area contributed by atoms with Crippen molar-refractivity contribution >= 4 is 21.7 Å². The number of sulfone groups is 1. The van der Waals surface area contributed by atoms with Gasteiger partial charge in [0, 0.05) is 18.6 Å². The molecule has 0 spiro atoms. The number of rotatable bonds is 4. The number of anilines is 1. The van der Waals surface area contributed by atoms with Crippen LogP contribution in [-0.2, 0) is 14.6 Å². The average Bonchev–Trinajstić information content (AvgIpc) is 2.84. The van der Waals surface area contributed by atoms with Gasteiger partial charge in [-0.05, 0) is 25.3 Å². The van der Waals surface area contributed by atoms with Gasteiger partial charge in [-0.25, -0.2) is 18.4 Å². The first-order valence-corrected chi connectivity index (χ1v) is 8.52. The Morgan fingerprint density at radius 1 is 1.27 bits per heavy atom. The third-order valence-corrected chi connectivity index (χ3v) is 5.81. The van der Waals surface area contributed by atoms with E-state index in [0.717, 1.165) is 6.26 Å². The number of amides is 1. The largest absolute Gasteiger partial charge is 0.293 e. The molecule has 0 atom stereocenters. The lowest BCUT2D eigenvalue weighted by Gasteiger charge is -2.37. The molecule has 2 heterocycles. The van der Waals surface area contributed by atoms with Crippen LogP contribution < -0.4 is 5.32 Å². The van der Waals surface area contributed by atoms with Crippen LogP contribution in [0.5, 0.6) is 0 Å². The summed E-state index contributed by atoms with van der Waals surface area (Å²) in [6, 6.07) is 1.64. The van der Waals surface area contributed by atoms with Crippen molar-refractivity contribution in [1.29, 1.82) is 0 Å². The van der Waals surface area contributed by atoms with E-state index in [1.165, 1.54) is 23.4 Å². The van der Waals surface area contributed by atoms with E-state index in [9.17, 15) is 13.2 Å². The molecule has 1 amide bonds. The summed E-state index contributed by atoms with van der Waals surface area (Å²) in [5.74, 6) is -0.269. The number of nitrogens with one attached hydrogen (secondary N) is 1. The second-order valence-corrected chi connectivity index (χ2v) is 7.44. The van der Waals surface area contributed by atoms with Crippen LogP contribution >= 0.6 is 0 Å². The zero-order valence-corrected chi connectivity index (χ0v) is 12.6. The van der Waals surface area contributed by atoms with Crippen LogP contribution in [0.4, 0.5) is 5.95 Å². The number of nitrogens with zero attached hydrogens (tertiary/aromatic N) is 5. The molecule has 10 heteroatoms. The van der Waals surface area contributed by atoms with Crippen molar-refractivity contribution in [1.82, 2.24) is 24.7 Å². The summed E-state index contributed by atoms with van der Waals surface area (Å²) in [4.78, 5) is 24.4. The van der Waals surface area contributed by atoms with Crippen molar-refractivity contribution in [2.24, 2.45) is 0 Å². The van der Waals surface area contributed by atoms with E-state index in [4.69, 9.17) is 0 Å². The van der Waals surface area contributed by atoms with Crippen LogP contribution in [0.25, 0.3) is 5.95 Å². The lowest BCUT2D eigenvalue weighted by molar-refractivity contribution is -0.120. The molecule has 1 N–H and O–H groups in total. The van der Waals surface area contributed by atoms with Crippen molar-refractivity contribution in [3.8, 4) is 5.95 Å². The zero-order chi connectivity index (χ0) is 15.8. The predicted octanol–water partition coefficient (Wildman–Crippen LogP) is -0.0369. The number of carbonyl (C=O) groups is 1. The Kier molecular flexibility index (Phi) is 3.39. The Morgan fingerprint density at radius 3 is 2.50 bits per heavy atom. The Morgan fingerprint density at radius 2 is 1.95 bits per heavy atom. The molecule has 0 aliphatic heterocycles. The third kappa shape index (κ3) is 2.25. The monoisotopic (exact) mass is 322 g/mol. The first kappa shape index (κ1) is 14.6. The van der Waals surface area contributed by atoms with Crippen molar-refractivity contribution in [2.75, 3.05) is 11.6 Å². The molecule has 0 unspecified atom stereocenters. The molecule has 9 nitrogen and oxygen atoms in total. The van der Waals surface area contributed by atoms with Crippen LogP contribution in [0, 0.1) is 0 Å². The normalized spacial score (nSPS) is 16.8. The van der Waals surface area contributed by atoms with Crippen molar-refractivity contribution in [3.05, 3.63) is 24.8 Å². The molecular weight excluding hydrogens is 308 g/mol. The van der Waals surface area contributed by atoms with Gasteiger partial charge in [0.25, 0.3) is 5.95 Å². The summed E-state index contributed by atoms with van der Waals surface area (Å²) in [6.07, 6.45) is 6.70. The molecule has 1 aliphatic carbocycles. The highest BCUT2D eigenvalue weighted by Gasteiger charge is 2.53. The van der Waals surface area contributed by atoms with Crippen LogP contribution in [0.1, 0.15) is 19.3 Å². The Labute approximate surface area is 126 Å². The van der Waals surface area contributed by atoms with Gasteiger partial charge in [-0.3, -0.25) is 10.1 Å². The maximum Gasteiger partial charge on any atom is 0.253 e. The van der Waals surface area contributed by atoms with E-state index in [0.29, 0.717) is 19.3 Å². The molecule has 1 aliphatic rings. The fourth-order valence-corrected chi connectivity index (χ4v) is 3.77. The van der Waals surface area contributed by atoms with Crippen molar-refractivity contribution in [2.45, 2.75) is 24.0 Å². The maximum absolute atomic E-state index is 12.4. The molecule has 1 saturated carbocycles. The zero-order valence-electron chi connectivity index (χ0n) is 11.8. The van der Waals surface area contributed by atoms with Gasteiger partial charge in [-0.2, -0.15) is 14.8 Å². The Balaban J connectivity index is 1.89. The van der Waals surface area contributed by atoms with Gasteiger partial charge in [0.05, 0.1) is 0 Å². The number of carbonyl (C=O) groups excluding carboxylic acids is 1. The fraction of sp³-hybridized carbons (Fsp3) is 0.417. The van der Waals surface area contributed by atoms with Crippen LogP contribution in [-0.4, -0.2) is 50.1 Å². The van der Waals surface area contributed by atoms with E-state index in [1.54, 1.807) is 6.07 Å². The lowest BCUT2D eigenvalue weighted by Crippen LogP contribution is -2.54. The molecular formula is C12H14N6O3S. The van der Waals surface area contributed by atoms with Gasteiger partial charge < -0.3 is 0 Å². The first-order valence-electron chi connectivity index (χ1n) is 6.62. The molecule has 3 rings (SSSR count). The SMILES string of the molecule is CS(=O)(=O)C1(C(=O)Nc2ncnn2-c2ncccn2)CCC1. The Bertz CT molecular complexity index is 797. The molecule has 22 heavy (non-hydrogen) atoms. The van der Waals surface area contributed by atoms with Crippen LogP contribution in [0.3, 0.4) is 0 Å². The van der Waals surface area contributed by atoms with Crippen molar-refractivity contribution in [3.63, 3.8) is 0 Å². The van der Waals surface area contributed by atoms with Gasteiger partial charge >= 0.3 is 0 Å². The highest BCUT2D eigenvalue weighted by Crippen LogP contribution is 2.39. The fourth-order valence-electron chi connectivity index (χ4n) is 2.35. The summed E-state index contributed by atoms with van der Waals surface area (Å²) in [5, 5.41) is 6.47. The highest BCUT2D eigenvalue weighted by atomic mass is 32.2.